The van der Waals surface area contributed by atoms with E-state index in [9.17, 15) is 10.5 Å². The summed E-state index contributed by atoms with van der Waals surface area (Å²) in [6.07, 6.45) is 1.50. The van der Waals surface area contributed by atoms with Crippen molar-refractivity contribution in [2.45, 2.75) is 104 Å². The van der Waals surface area contributed by atoms with E-state index in [4.69, 9.17) is 26.5 Å². The molecular formula is C130H94F2N6O6. The largest absolute Gasteiger partial charge is 0.456 e. The first-order valence-electron chi connectivity index (χ1n) is 49.0. The number of hydrogen-bond donors (Lipinski definition) is 0. The molecule has 0 spiro atoms. The maximum absolute atomic E-state index is 15.6. The van der Waals surface area contributed by atoms with Gasteiger partial charge in [-0.25, -0.2) is 8.78 Å². The number of fused-ring (bicyclic) bond motifs is 26. The molecule has 0 atom stereocenters. The third-order valence-electron chi connectivity index (χ3n) is 30.0. The van der Waals surface area contributed by atoms with Crippen LogP contribution in [0, 0.1) is 34.3 Å². The Morgan fingerprint density at radius 3 is 0.667 bits per heavy atom. The Morgan fingerprint density at radius 1 is 0.215 bits per heavy atom. The van der Waals surface area contributed by atoms with Crippen LogP contribution in [0.25, 0.3) is 175 Å². The molecule has 26 aromatic rings. The van der Waals surface area contributed by atoms with Gasteiger partial charge in [0, 0.05) is 155 Å². The Hall–Kier alpha value is -17.7. The molecule has 0 fully saturated rings. The molecule has 0 radical (unpaired) electrons. The van der Waals surface area contributed by atoms with Gasteiger partial charge in [-0.3, -0.25) is 0 Å². The van der Waals surface area contributed by atoms with Crippen LogP contribution in [0.1, 0.15) is 115 Å². The van der Waals surface area contributed by atoms with Crippen LogP contribution in [0.5, 0.6) is 0 Å². The standard InChI is InChI=1S/C130H94F2N6O6/c1-127(2,3)99-43-19-35-91-95-39-23-47-103(123(95)141-119(91)99)135(79-59-51-75(73-133)52-60-79)107-69-111-115(87-31-15-11-27-83(87)107)116-88-32-16-12-28-84(88)108(70-112(116)139-111)136(80-61-53-76(74-134)54-62-80)105-49-25-41-97-93-37-21-45-101(121(93)143-125(97)105)129(7,8)67-68-130(9,10)102-46-22-38-94-98-42-26-50-106(126(98)144-122(94)102)138(82-65-57-78(132)58-66-82)110-72-114-118(90-34-18-14-30-86(90)110)117-89-33-17-13-29-85(89)109(71-113(117)140-114)137(81-63-55-77(131)56-64-81)104-48-24-40-96-92-36-20-44-100(128(4,5)6)120(92)142-124(96)104/h11-66,69-72H,67-68H2,1-10H3. The van der Waals surface area contributed by atoms with Crippen LogP contribution in [-0.2, 0) is 21.7 Å². The molecule has 12 nitrogen and oxygen atoms in total. The molecule has 6 heterocycles. The molecule has 694 valence electrons. The van der Waals surface area contributed by atoms with Crippen molar-refractivity contribution in [2.75, 3.05) is 19.6 Å². The number of anilines is 12. The van der Waals surface area contributed by atoms with E-state index < -0.39 is 10.8 Å². The molecular weight excluding hydrogens is 1780 g/mol. The maximum atomic E-state index is 15.6. The molecule has 14 heteroatoms. The molecule has 0 saturated heterocycles. The van der Waals surface area contributed by atoms with E-state index in [0.29, 0.717) is 55.9 Å². The van der Waals surface area contributed by atoms with Gasteiger partial charge in [0.15, 0.2) is 22.3 Å². The molecule has 0 aliphatic carbocycles. The van der Waals surface area contributed by atoms with Crippen LogP contribution in [0.3, 0.4) is 0 Å². The van der Waals surface area contributed by atoms with E-state index in [1.165, 1.54) is 24.3 Å². The van der Waals surface area contributed by atoms with Crippen LogP contribution in [-0.4, -0.2) is 0 Å². The third-order valence-corrected chi connectivity index (χ3v) is 30.0. The zero-order chi connectivity index (χ0) is 97.8. The summed E-state index contributed by atoms with van der Waals surface area (Å²) in [5, 5.41) is 39.9. The first-order chi connectivity index (χ1) is 69.9. The lowest BCUT2D eigenvalue weighted by Gasteiger charge is -2.32. The van der Waals surface area contributed by atoms with Crippen molar-refractivity contribution >= 4 is 243 Å². The average molecular weight is 1870 g/mol. The summed E-state index contributed by atoms with van der Waals surface area (Å²) >= 11 is 0. The Labute approximate surface area is 827 Å². The van der Waals surface area contributed by atoms with Gasteiger partial charge in [-0.2, -0.15) is 10.5 Å². The van der Waals surface area contributed by atoms with Crippen LogP contribution in [0.4, 0.5) is 77.0 Å². The summed E-state index contributed by atoms with van der Waals surface area (Å²) in [6, 6.07) is 127. The third kappa shape index (κ3) is 13.6. The Bertz CT molecular complexity index is 9960. The minimum absolute atomic E-state index is 0.198. The number of hydrogen-bond acceptors (Lipinski definition) is 12. The monoisotopic (exact) mass is 1870 g/mol. The fourth-order valence-corrected chi connectivity index (χ4v) is 22.9. The molecule has 0 N–H and O–H groups in total. The minimum Gasteiger partial charge on any atom is -0.456 e. The molecule has 0 amide bonds. The van der Waals surface area contributed by atoms with Crippen molar-refractivity contribution in [1.82, 2.24) is 0 Å². The maximum Gasteiger partial charge on any atom is 0.159 e. The number of nitriles is 2. The van der Waals surface area contributed by atoms with Gasteiger partial charge in [-0.05, 0) is 177 Å². The lowest BCUT2D eigenvalue weighted by molar-refractivity contribution is 0.374. The zero-order valence-electron chi connectivity index (χ0n) is 80.9. The van der Waals surface area contributed by atoms with Gasteiger partial charge in [-0.1, -0.05) is 288 Å². The predicted molar refractivity (Wildman–Crippen MR) is 587 cm³/mol. The minimum atomic E-state index is -0.467. The Morgan fingerprint density at radius 2 is 0.424 bits per heavy atom. The van der Waals surface area contributed by atoms with Crippen molar-refractivity contribution in [1.29, 1.82) is 10.5 Å². The van der Waals surface area contributed by atoms with Gasteiger partial charge < -0.3 is 46.1 Å². The second-order valence-electron chi connectivity index (χ2n) is 41.6. The van der Waals surface area contributed by atoms with E-state index in [1.807, 2.05) is 72.8 Å². The first-order valence-corrected chi connectivity index (χ1v) is 49.0. The summed E-state index contributed by atoms with van der Waals surface area (Å²) in [4.78, 5) is 8.84. The van der Waals surface area contributed by atoms with Gasteiger partial charge in [0.1, 0.15) is 56.3 Å². The highest BCUT2D eigenvalue weighted by atomic mass is 19.1. The van der Waals surface area contributed by atoms with Gasteiger partial charge in [0.25, 0.3) is 0 Å². The highest BCUT2D eigenvalue weighted by Crippen LogP contribution is 2.58. The van der Waals surface area contributed by atoms with E-state index in [2.05, 4.69) is 368 Å². The van der Waals surface area contributed by atoms with Crippen LogP contribution < -0.4 is 19.6 Å². The molecule has 0 saturated carbocycles. The molecule has 0 bridgehead atoms. The van der Waals surface area contributed by atoms with Gasteiger partial charge in [0.2, 0.25) is 0 Å². The smallest absolute Gasteiger partial charge is 0.159 e. The summed E-state index contributed by atoms with van der Waals surface area (Å²) in [6.45, 7) is 22.5. The molecule has 6 aromatic heterocycles. The lowest BCUT2D eigenvalue weighted by Crippen LogP contribution is -2.24. The predicted octanol–water partition coefficient (Wildman–Crippen LogP) is 38.2. The number of halogens is 2. The van der Waals surface area contributed by atoms with Gasteiger partial charge in [0.05, 0.1) is 68.8 Å². The Balaban J connectivity index is 0.569. The lowest BCUT2D eigenvalue weighted by atomic mass is 9.72. The molecule has 0 aliphatic rings. The number of furan rings is 6. The van der Waals surface area contributed by atoms with Crippen molar-refractivity contribution < 1.29 is 35.3 Å². The molecule has 144 heavy (non-hydrogen) atoms. The second kappa shape index (κ2) is 32.4. The molecule has 0 aliphatic heterocycles. The number of para-hydroxylation sites is 8. The highest BCUT2D eigenvalue weighted by Gasteiger charge is 2.37. The normalized spacial score (nSPS) is 12.5. The zero-order valence-corrected chi connectivity index (χ0v) is 80.9. The second-order valence-corrected chi connectivity index (χ2v) is 41.6. The average Bonchev–Trinajstić information content (AvgIpc) is 1.50. The number of benzene rings is 20. The van der Waals surface area contributed by atoms with Crippen molar-refractivity contribution in [3.63, 3.8) is 0 Å². The highest BCUT2D eigenvalue weighted by molar-refractivity contribution is 6.33. The summed E-state index contributed by atoms with van der Waals surface area (Å²) in [5.74, 6) is -0.716. The number of rotatable bonds is 17. The number of nitrogens with zero attached hydrogens (tertiary/aromatic N) is 6. The molecule has 20 aromatic carbocycles. The van der Waals surface area contributed by atoms with E-state index in [0.717, 1.165) is 233 Å². The van der Waals surface area contributed by atoms with Gasteiger partial charge in [-0.15, -0.1) is 0 Å². The van der Waals surface area contributed by atoms with Crippen molar-refractivity contribution in [2.24, 2.45) is 0 Å². The van der Waals surface area contributed by atoms with E-state index in [-0.39, 0.29) is 22.5 Å². The van der Waals surface area contributed by atoms with Crippen LogP contribution >= 0.6 is 0 Å². The van der Waals surface area contributed by atoms with Crippen molar-refractivity contribution in [3.8, 4) is 12.1 Å². The quantitative estimate of drug-likeness (QED) is 0.0857. The fraction of sp³-hybridized carbons (Fsp3) is 0.123. The molecule has 0 unspecified atom stereocenters. The van der Waals surface area contributed by atoms with E-state index >= 15 is 8.78 Å². The summed E-state index contributed by atoms with van der Waals surface area (Å²) < 4.78 is 75.2. The SMILES string of the molecule is CC(C)(C)c1cccc2c1oc1c(N(c3ccc(F)cc3)c3cc4oc5cc(N(c6ccc(F)cc6)c6cccc7c6oc6c(C(C)(C)CCC(C)(C)c8cccc9c8oc8c(N(c%10ccc(C#N)cc%10)c%10cc%11oc%12cc(N(c%13ccc(C#N)cc%13)c%13cccc%14c%13oc%13c(C(C)(C)C)cccc%13%14)c%13ccccc%13c%12c%11c%11ccccc%10%11)cccc89)cccc67)c6ccccc6c5c4c4ccccc34)cccc12. The van der Waals surface area contributed by atoms with Crippen molar-refractivity contribution in [3.05, 3.63) is 409 Å². The summed E-state index contributed by atoms with van der Waals surface area (Å²) in [7, 11) is 0. The Kier molecular flexibility index (Phi) is 19.5. The first kappa shape index (κ1) is 86.6. The topological polar surface area (TPSA) is 139 Å². The van der Waals surface area contributed by atoms with Crippen LogP contribution in [0.2, 0.25) is 0 Å². The molecule has 26 rings (SSSR count). The van der Waals surface area contributed by atoms with Crippen LogP contribution in [0.15, 0.2) is 390 Å². The summed E-state index contributed by atoms with van der Waals surface area (Å²) in [5.41, 5.74) is 22.3. The van der Waals surface area contributed by atoms with Gasteiger partial charge >= 0.3 is 0 Å². The van der Waals surface area contributed by atoms with E-state index in [1.54, 1.807) is 0 Å². The fourth-order valence-electron chi connectivity index (χ4n) is 22.9.